The Morgan fingerprint density at radius 3 is 2.74 bits per heavy atom. The maximum atomic E-state index is 9.82. The number of para-hydroxylation sites is 1. The Bertz CT molecular complexity index is 900. The monoisotopic (exact) mass is 366 g/mol. The summed E-state index contributed by atoms with van der Waals surface area (Å²) in [5.41, 5.74) is 8.90. The van der Waals surface area contributed by atoms with Gasteiger partial charge in [0.05, 0.1) is 18.1 Å². The maximum absolute atomic E-state index is 9.82. The van der Waals surface area contributed by atoms with Crippen LogP contribution >= 0.6 is 0 Å². The summed E-state index contributed by atoms with van der Waals surface area (Å²) in [6.45, 7) is 9.03. The van der Waals surface area contributed by atoms with Crippen LogP contribution < -0.4 is 15.2 Å². The Labute approximate surface area is 160 Å². The lowest BCUT2D eigenvalue weighted by molar-refractivity contribution is 0.305. The molecule has 6 nitrogen and oxygen atoms in total. The summed E-state index contributed by atoms with van der Waals surface area (Å²) in [6.07, 6.45) is 2.02. The number of hydrogen-bond donors (Lipinski definition) is 2. The lowest BCUT2D eigenvalue weighted by Gasteiger charge is -2.28. The van der Waals surface area contributed by atoms with Crippen LogP contribution in [0.1, 0.15) is 63.3 Å². The number of nitriles is 1. The predicted octanol–water partition coefficient (Wildman–Crippen LogP) is 4.10. The van der Waals surface area contributed by atoms with Crippen molar-refractivity contribution in [2.45, 2.75) is 51.9 Å². The number of nitrogens with one attached hydrogen (secondary N) is 1. The number of nitrogens with two attached hydrogens (primary N) is 1. The highest BCUT2D eigenvalue weighted by molar-refractivity contribution is 5.58. The van der Waals surface area contributed by atoms with Gasteiger partial charge in [0.1, 0.15) is 17.4 Å². The zero-order valence-corrected chi connectivity index (χ0v) is 16.3. The number of H-pyrrole nitrogens is 1. The molecule has 1 unspecified atom stereocenters. The Morgan fingerprint density at radius 2 is 2.07 bits per heavy atom. The molecule has 0 spiro atoms. The van der Waals surface area contributed by atoms with Crippen LogP contribution in [0.3, 0.4) is 0 Å². The smallest absolute Gasteiger partial charge is 0.244 e. The zero-order valence-electron chi connectivity index (χ0n) is 16.3. The molecule has 0 fully saturated rings. The van der Waals surface area contributed by atoms with E-state index in [2.05, 4.69) is 44.0 Å². The van der Waals surface area contributed by atoms with Gasteiger partial charge >= 0.3 is 0 Å². The second-order valence-corrected chi connectivity index (χ2v) is 7.73. The second-order valence-electron chi connectivity index (χ2n) is 7.73. The van der Waals surface area contributed by atoms with E-state index in [-0.39, 0.29) is 17.2 Å². The highest BCUT2D eigenvalue weighted by atomic mass is 16.5. The summed E-state index contributed by atoms with van der Waals surface area (Å²) >= 11 is 0. The molecule has 27 heavy (non-hydrogen) atoms. The molecule has 1 aliphatic rings. The highest BCUT2D eigenvalue weighted by Gasteiger charge is 2.39. The Kier molecular flexibility index (Phi) is 5.13. The van der Waals surface area contributed by atoms with Gasteiger partial charge in [0.25, 0.3) is 0 Å². The van der Waals surface area contributed by atoms with Crippen molar-refractivity contribution in [3.05, 3.63) is 52.5 Å². The normalized spacial score (nSPS) is 16.5. The molecule has 0 saturated heterocycles. The molecule has 1 aromatic heterocycles. The van der Waals surface area contributed by atoms with Crippen LogP contribution in [0.25, 0.3) is 0 Å². The number of hydrogen-bond acceptors (Lipinski definition) is 5. The number of benzene rings is 1. The molecule has 2 heterocycles. The number of rotatable bonds is 5. The van der Waals surface area contributed by atoms with Crippen LogP contribution in [0.5, 0.6) is 11.6 Å². The average molecular weight is 366 g/mol. The minimum absolute atomic E-state index is 0.0883. The maximum Gasteiger partial charge on any atom is 0.244 e. The highest BCUT2D eigenvalue weighted by Crippen LogP contribution is 2.47. The van der Waals surface area contributed by atoms with Crippen molar-refractivity contribution in [1.29, 1.82) is 5.26 Å². The van der Waals surface area contributed by atoms with E-state index in [1.54, 1.807) is 0 Å². The third kappa shape index (κ3) is 3.50. The SMILES string of the molecule is CCCCOc1ccccc1C1C(C#N)=C(N)Oc2n[nH]c(C(C)(C)C)c21. The first-order chi connectivity index (χ1) is 12.9. The van der Waals surface area contributed by atoms with Gasteiger partial charge in [0, 0.05) is 16.7 Å². The van der Waals surface area contributed by atoms with Crippen LogP contribution in [0.15, 0.2) is 35.7 Å². The molecule has 1 atom stereocenters. The van der Waals surface area contributed by atoms with E-state index in [0.717, 1.165) is 35.4 Å². The van der Waals surface area contributed by atoms with Crippen LogP contribution in [-0.2, 0) is 5.41 Å². The lowest BCUT2D eigenvalue weighted by atomic mass is 9.78. The van der Waals surface area contributed by atoms with Gasteiger partial charge in [-0.05, 0) is 12.5 Å². The predicted molar refractivity (Wildman–Crippen MR) is 103 cm³/mol. The van der Waals surface area contributed by atoms with Crippen LogP contribution in [0, 0.1) is 11.3 Å². The topological polar surface area (TPSA) is 96.9 Å². The van der Waals surface area contributed by atoms with Gasteiger partial charge in [0.2, 0.25) is 11.8 Å². The molecule has 2 aromatic rings. The molecule has 0 radical (unpaired) electrons. The second kappa shape index (κ2) is 7.36. The Morgan fingerprint density at radius 1 is 1.33 bits per heavy atom. The van der Waals surface area contributed by atoms with Gasteiger partial charge in [0.15, 0.2) is 0 Å². The first-order valence-electron chi connectivity index (χ1n) is 9.26. The van der Waals surface area contributed by atoms with Crippen LogP contribution in [0.4, 0.5) is 0 Å². The van der Waals surface area contributed by atoms with Crippen molar-refractivity contribution in [2.24, 2.45) is 5.73 Å². The van der Waals surface area contributed by atoms with Crippen LogP contribution in [-0.4, -0.2) is 16.8 Å². The van der Waals surface area contributed by atoms with E-state index >= 15 is 0 Å². The van der Waals surface area contributed by atoms with E-state index in [0.29, 0.717) is 18.1 Å². The van der Waals surface area contributed by atoms with Crippen molar-refractivity contribution >= 4 is 0 Å². The number of unbranched alkanes of at least 4 members (excludes halogenated alkanes) is 1. The largest absolute Gasteiger partial charge is 0.493 e. The molecule has 0 bridgehead atoms. The summed E-state index contributed by atoms with van der Waals surface area (Å²) in [6, 6.07) is 10.0. The first kappa shape index (κ1) is 18.8. The Balaban J connectivity index is 2.18. The van der Waals surface area contributed by atoms with Gasteiger partial charge in [-0.3, -0.25) is 5.10 Å². The molecule has 3 N–H and O–H groups in total. The van der Waals surface area contributed by atoms with Gasteiger partial charge in [-0.1, -0.05) is 52.3 Å². The molecule has 0 saturated carbocycles. The number of aromatic amines is 1. The molecule has 1 aromatic carbocycles. The molecule has 3 rings (SSSR count). The first-order valence-corrected chi connectivity index (χ1v) is 9.26. The van der Waals surface area contributed by atoms with E-state index in [1.165, 1.54) is 0 Å². The standard InChI is InChI=1S/C21H26N4O2/c1-5-6-11-26-15-10-8-7-9-13(15)16-14(12-22)19(23)27-20-17(16)18(24-25-20)21(2,3)4/h7-10,16H,5-6,11,23H2,1-4H3,(H,24,25). The van der Waals surface area contributed by atoms with E-state index in [1.807, 2.05) is 24.3 Å². The zero-order chi connectivity index (χ0) is 19.6. The van der Waals surface area contributed by atoms with E-state index < -0.39 is 0 Å². The Hall–Kier alpha value is -2.94. The fourth-order valence-electron chi connectivity index (χ4n) is 3.30. The number of allylic oxidation sites excluding steroid dienone is 1. The molecule has 1 aliphatic heterocycles. The summed E-state index contributed by atoms with van der Waals surface area (Å²) in [4.78, 5) is 0. The van der Waals surface area contributed by atoms with E-state index in [4.69, 9.17) is 15.2 Å². The fraction of sp³-hybridized carbons (Fsp3) is 0.429. The van der Waals surface area contributed by atoms with Gasteiger partial charge in [-0.2, -0.15) is 5.26 Å². The van der Waals surface area contributed by atoms with Gasteiger partial charge < -0.3 is 15.2 Å². The molecular weight excluding hydrogens is 340 g/mol. The minimum atomic E-state index is -0.385. The molecule has 0 amide bonds. The van der Waals surface area contributed by atoms with Gasteiger partial charge in [-0.15, -0.1) is 5.10 Å². The number of ether oxygens (including phenoxy) is 2. The van der Waals surface area contributed by atoms with Crippen molar-refractivity contribution in [3.63, 3.8) is 0 Å². The van der Waals surface area contributed by atoms with Crippen LogP contribution in [0.2, 0.25) is 0 Å². The lowest BCUT2D eigenvalue weighted by Crippen LogP contribution is -2.24. The molecule has 6 heteroatoms. The van der Waals surface area contributed by atoms with Gasteiger partial charge in [-0.25, -0.2) is 0 Å². The summed E-state index contributed by atoms with van der Waals surface area (Å²) in [5, 5.41) is 17.2. The number of aromatic nitrogens is 2. The van der Waals surface area contributed by atoms with Crippen molar-refractivity contribution in [2.75, 3.05) is 6.61 Å². The van der Waals surface area contributed by atoms with Crippen molar-refractivity contribution in [3.8, 4) is 17.7 Å². The number of fused-ring (bicyclic) bond motifs is 1. The van der Waals surface area contributed by atoms with Crippen molar-refractivity contribution < 1.29 is 9.47 Å². The summed E-state index contributed by atoms with van der Waals surface area (Å²) in [5.74, 6) is 0.880. The van der Waals surface area contributed by atoms with Crippen molar-refractivity contribution in [1.82, 2.24) is 10.2 Å². The minimum Gasteiger partial charge on any atom is -0.493 e. The third-order valence-electron chi connectivity index (χ3n) is 4.67. The molecular formula is C21H26N4O2. The third-order valence-corrected chi connectivity index (χ3v) is 4.67. The molecule has 0 aliphatic carbocycles. The summed E-state index contributed by atoms with van der Waals surface area (Å²) in [7, 11) is 0. The fourth-order valence-corrected chi connectivity index (χ4v) is 3.30. The molecule has 142 valence electrons. The average Bonchev–Trinajstić information content (AvgIpc) is 3.05. The quantitative estimate of drug-likeness (QED) is 0.776. The summed E-state index contributed by atoms with van der Waals surface area (Å²) < 4.78 is 11.7. The number of nitrogens with zero attached hydrogens (tertiary/aromatic N) is 2. The van der Waals surface area contributed by atoms with E-state index in [9.17, 15) is 5.26 Å².